The zero-order chi connectivity index (χ0) is 19.2. The molecule has 0 fully saturated rings. The molecular formula is C20H23N3O4. The maximum atomic E-state index is 13.1. The van der Waals surface area contributed by atoms with Crippen molar-refractivity contribution in [1.82, 2.24) is 10.3 Å². The minimum Gasteiger partial charge on any atom is -0.465 e. The second-order valence-corrected chi connectivity index (χ2v) is 8.09. The summed E-state index contributed by atoms with van der Waals surface area (Å²) in [5, 5.41) is 12.5. The van der Waals surface area contributed by atoms with Crippen molar-refractivity contribution in [3.63, 3.8) is 0 Å². The normalized spacial score (nSPS) is 25.6. The highest BCUT2D eigenvalue weighted by atomic mass is 16.7. The van der Waals surface area contributed by atoms with Crippen molar-refractivity contribution in [3.05, 3.63) is 46.8 Å². The van der Waals surface area contributed by atoms with Crippen molar-refractivity contribution in [2.75, 3.05) is 6.61 Å². The van der Waals surface area contributed by atoms with Crippen LogP contribution in [-0.2, 0) is 26.4 Å². The number of hydrogen-bond acceptors (Lipinski definition) is 7. The first-order chi connectivity index (χ1) is 12.9. The molecular weight excluding hydrogens is 346 g/mol. The molecule has 142 valence electrons. The molecule has 1 aromatic carbocycles. The van der Waals surface area contributed by atoms with Gasteiger partial charge in [0.15, 0.2) is 11.6 Å². The van der Waals surface area contributed by atoms with Gasteiger partial charge in [0.2, 0.25) is 5.60 Å². The summed E-state index contributed by atoms with van der Waals surface area (Å²) in [5.41, 5.74) is 2.55. The van der Waals surface area contributed by atoms with E-state index in [1.54, 1.807) is 6.92 Å². The molecule has 7 heteroatoms. The molecule has 1 aromatic heterocycles. The standard InChI is InChI=1S/C20H23N3O4/c1-5-25-18(24)15-16(13-8-6-12(2)7-9-13)22-26-20(15)11-19(3,4)10-14-17(20)23-27-21-14/h6-9,15H,5,10-11H2,1-4H3/t15-,20+/m1/s1. The maximum Gasteiger partial charge on any atom is 0.319 e. The van der Waals surface area contributed by atoms with E-state index in [-0.39, 0.29) is 18.0 Å². The fourth-order valence-electron chi connectivity index (χ4n) is 4.20. The first-order valence-corrected chi connectivity index (χ1v) is 9.18. The first-order valence-electron chi connectivity index (χ1n) is 9.18. The lowest BCUT2D eigenvalue weighted by Gasteiger charge is -2.40. The molecule has 4 rings (SSSR count). The SMILES string of the molecule is CCOC(=O)[C@H]1C(c2ccc(C)cc2)=NO[C@@]12CC(C)(C)Cc1nonc12. The number of esters is 1. The molecule has 0 N–H and O–H groups in total. The van der Waals surface area contributed by atoms with E-state index >= 15 is 0 Å². The van der Waals surface area contributed by atoms with E-state index in [2.05, 4.69) is 29.3 Å². The summed E-state index contributed by atoms with van der Waals surface area (Å²) in [5.74, 6) is -1.11. The highest BCUT2D eigenvalue weighted by Gasteiger charge is 2.62. The highest BCUT2D eigenvalue weighted by molar-refractivity contribution is 6.13. The van der Waals surface area contributed by atoms with E-state index < -0.39 is 11.5 Å². The van der Waals surface area contributed by atoms with Gasteiger partial charge >= 0.3 is 5.97 Å². The lowest BCUT2D eigenvalue weighted by molar-refractivity contribution is -0.160. The summed E-state index contributed by atoms with van der Waals surface area (Å²) < 4.78 is 10.4. The molecule has 0 saturated heterocycles. The Bertz CT molecular complexity index is 900. The van der Waals surface area contributed by atoms with E-state index in [0.29, 0.717) is 29.9 Å². The lowest BCUT2D eigenvalue weighted by atomic mass is 9.64. The number of carbonyl (C=O) groups excluding carboxylic acids is 1. The molecule has 2 heterocycles. The van der Waals surface area contributed by atoms with Crippen molar-refractivity contribution in [3.8, 4) is 0 Å². The predicted molar refractivity (Wildman–Crippen MR) is 97.0 cm³/mol. The van der Waals surface area contributed by atoms with Gasteiger partial charge in [0.25, 0.3) is 0 Å². The Balaban J connectivity index is 1.85. The quantitative estimate of drug-likeness (QED) is 0.773. The Morgan fingerprint density at radius 2 is 2.00 bits per heavy atom. The zero-order valence-corrected chi connectivity index (χ0v) is 16.0. The second kappa shape index (κ2) is 6.18. The zero-order valence-electron chi connectivity index (χ0n) is 16.0. The van der Waals surface area contributed by atoms with Crippen LogP contribution in [0.1, 0.15) is 49.7 Å². The Hall–Kier alpha value is -2.70. The summed E-state index contributed by atoms with van der Waals surface area (Å²) in [6.07, 6.45) is 1.26. The van der Waals surface area contributed by atoms with E-state index in [1.807, 2.05) is 31.2 Å². The van der Waals surface area contributed by atoms with Gasteiger partial charge in [-0.05, 0) is 19.3 Å². The number of rotatable bonds is 3. The Kier molecular flexibility index (Phi) is 4.05. The number of benzene rings is 1. The number of nitrogens with zero attached hydrogens (tertiary/aromatic N) is 3. The van der Waals surface area contributed by atoms with Crippen LogP contribution in [0.4, 0.5) is 0 Å². The van der Waals surface area contributed by atoms with Crippen molar-refractivity contribution in [2.45, 2.75) is 46.1 Å². The van der Waals surface area contributed by atoms with Crippen LogP contribution in [0.3, 0.4) is 0 Å². The van der Waals surface area contributed by atoms with Gasteiger partial charge in [-0.3, -0.25) is 4.79 Å². The van der Waals surface area contributed by atoms with Crippen LogP contribution in [0, 0.1) is 18.3 Å². The third-order valence-corrected chi connectivity index (χ3v) is 5.26. The van der Waals surface area contributed by atoms with Gasteiger partial charge in [0, 0.05) is 18.4 Å². The first kappa shape index (κ1) is 17.7. The predicted octanol–water partition coefficient (Wildman–Crippen LogP) is 3.16. The lowest BCUT2D eigenvalue weighted by Crippen LogP contribution is -2.49. The molecule has 0 amide bonds. The number of aryl methyl sites for hydroxylation is 1. The monoisotopic (exact) mass is 369 g/mol. The molecule has 2 atom stereocenters. The summed E-state index contributed by atoms with van der Waals surface area (Å²) in [6, 6.07) is 7.86. The van der Waals surface area contributed by atoms with Gasteiger partial charge in [-0.2, -0.15) is 0 Å². The van der Waals surface area contributed by atoms with Crippen LogP contribution in [0.25, 0.3) is 0 Å². The van der Waals surface area contributed by atoms with Gasteiger partial charge in [0.1, 0.15) is 11.4 Å². The van der Waals surface area contributed by atoms with Crippen LogP contribution < -0.4 is 0 Å². The molecule has 27 heavy (non-hydrogen) atoms. The van der Waals surface area contributed by atoms with Crippen molar-refractivity contribution in [1.29, 1.82) is 0 Å². The van der Waals surface area contributed by atoms with Gasteiger partial charge in [-0.15, -0.1) is 0 Å². The van der Waals surface area contributed by atoms with Crippen LogP contribution in [0.2, 0.25) is 0 Å². The van der Waals surface area contributed by atoms with Gasteiger partial charge < -0.3 is 9.57 Å². The number of carbonyl (C=O) groups is 1. The Labute approximate surface area is 157 Å². The fraction of sp³-hybridized carbons (Fsp3) is 0.500. The molecule has 1 aliphatic heterocycles. The molecule has 0 radical (unpaired) electrons. The van der Waals surface area contributed by atoms with Crippen molar-refractivity contribution >= 4 is 11.7 Å². The van der Waals surface area contributed by atoms with Gasteiger partial charge in [-0.1, -0.05) is 59.1 Å². The largest absolute Gasteiger partial charge is 0.465 e. The Morgan fingerprint density at radius 3 is 2.70 bits per heavy atom. The van der Waals surface area contributed by atoms with Crippen LogP contribution in [0.15, 0.2) is 34.1 Å². The highest BCUT2D eigenvalue weighted by Crippen LogP contribution is 2.53. The molecule has 2 aliphatic rings. The summed E-state index contributed by atoms with van der Waals surface area (Å²) in [6.45, 7) is 8.30. The third-order valence-electron chi connectivity index (χ3n) is 5.26. The topological polar surface area (TPSA) is 86.8 Å². The summed E-state index contributed by atoms with van der Waals surface area (Å²) in [7, 11) is 0. The molecule has 0 unspecified atom stereocenters. The smallest absolute Gasteiger partial charge is 0.319 e. The summed E-state index contributed by atoms with van der Waals surface area (Å²) >= 11 is 0. The summed E-state index contributed by atoms with van der Waals surface area (Å²) in [4.78, 5) is 19.1. The van der Waals surface area contributed by atoms with Crippen molar-refractivity contribution in [2.24, 2.45) is 16.5 Å². The molecule has 0 bridgehead atoms. The van der Waals surface area contributed by atoms with Gasteiger partial charge in [-0.25, -0.2) is 4.63 Å². The average Bonchev–Trinajstić information content (AvgIpc) is 3.20. The molecule has 7 nitrogen and oxygen atoms in total. The number of fused-ring (bicyclic) bond motifs is 2. The number of oxime groups is 1. The minimum atomic E-state index is -1.07. The van der Waals surface area contributed by atoms with Crippen LogP contribution in [0.5, 0.6) is 0 Å². The molecule has 2 aromatic rings. The molecule has 1 aliphatic carbocycles. The Morgan fingerprint density at radius 1 is 1.26 bits per heavy atom. The van der Waals surface area contributed by atoms with Crippen molar-refractivity contribution < 1.29 is 19.0 Å². The van der Waals surface area contributed by atoms with E-state index in [4.69, 9.17) is 14.2 Å². The fourth-order valence-corrected chi connectivity index (χ4v) is 4.20. The van der Waals surface area contributed by atoms with Crippen LogP contribution in [-0.4, -0.2) is 28.6 Å². The van der Waals surface area contributed by atoms with E-state index in [1.165, 1.54) is 0 Å². The number of ether oxygens (including phenoxy) is 1. The molecule has 1 spiro atoms. The van der Waals surface area contributed by atoms with E-state index in [0.717, 1.165) is 11.1 Å². The number of aromatic nitrogens is 2. The number of hydrogen-bond donors (Lipinski definition) is 0. The second-order valence-electron chi connectivity index (χ2n) is 8.09. The third kappa shape index (κ3) is 2.81. The molecule has 0 saturated carbocycles. The maximum absolute atomic E-state index is 13.1. The van der Waals surface area contributed by atoms with E-state index in [9.17, 15) is 4.79 Å². The minimum absolute atomic E-state index is 0.158. The van der Waals surface area contributed by atoms with Crippen LogP contribution >= 0.6 is 0 Å². The van der Waals surface area contributed by atoms with Gasteiger partial charge in [0.05, 0.1) is 6.61 Å². The average molecular weight is 369 g/mol.